The van der Waals surface area contributed by atoms with E-state index in [4.69, 9.17) is 23.2 Å². The molecule has 300 valence electrons. The fourth-order valence-electron chi connectivity index (χ4n) is 8.43. The van der Waals surface area contributed by atoms with Crippen LogP contribution in [0.5, 0.6) is 0 Å². The Bertz CT molecular complexity index is 2370. The van der Waals surface area contributed by atoms with Gasteiger partial charge in [0.05, 0.1) is 35.0 Å². The van der Waals surface area contributed by atoms with Gasteiger partial charge in [0.2, 0.25) is 43.7 Å². The van der Waals surface area contributed by atoms with Crippen molar-refractivity contribution in [2.24, 2.45) is 0 Å². The number of halogens is 2. The molecule has 0 aromatic heterocycles. The molecule has 0 aliphatic carbocycles. The third-order valence-corrected chi connectivity index (χ3v) is 14.8. The number of carbonyl (C=O) groups is 4. The fraction of sp³-hybridized carbons (Fsp3) is 0.385. The molecule has 4 saturated heterocycles. The van der Waals surface area contributed by atoms with Crippen molar-refractivity contribution in [1.29, 1.82) is 0 Å². The molecule has 4 aromatic rings. The number of carbonyl (C=O) groups excluding carboxylic acids is 4. The molecule has 4 heterocycles. The van der Waals surface area contributed by atoms with Gasteiger partial charge in [-0.05, 0) is 102 Å². The number of piperazine rings is 1. The van der Waals surface area contributed by atoms with Crippen LogP contribution in [0.1, 0.15) is 32.1 Å². The third-order valence-electron chi connectivity index (χ3n) is 11.4. The highest BCUT2D eigenvalue weighted by molar-refractivity contribution is 7.89. The molecule has 4 atom stereocenters. The van der Waals surface area contributed by atoms with Gasteiger partial charge in [-0.25, -0.2) is 16.8 Å². The zero-order chi connectivity index (χ0) is 40.2. The summed E-state index contributed by atoms with van der Waals surface area (Å²) in [4.78, 5) is 60.2. The van der Waals surface area contributed by atoms with E-state index in [0.29, 0.717) is 66.0 Å². The molecule has 4 aliphatic heterocycles. The van der Waals surface area contributed by atoms with Gasteiger partial charge >= 0.3 is 0 Å². The van der Waals surface area contributed by atoms with Crippen molar-refractivity contribution in [2.45, 2.75) is 66.1 Å². The Hall–Kier alpha value is -4.32. The number of fused-ring (bicyclic) bond motifs is 4. The number of rotatable bonds is 10. The molecule has 4 aromatic carbocycles. The Kier molecular flexibility index (Phi) is 10.7. The van der Waals surface area contributed by atoms with Crippen molar-refractivity contribution in [3.8, 4) is 0 Å². The number of amides is 4. The standard InChI is InChI=1S/C39H40Cl2N6O8S2/c40-28-9-5-26-17-32(11-7-24(26)15-28)56(52,53)42-34-3-1-13-44(38(34)50)22-36(48)46-20-31-19-30(46)21-47(31)37(49)23-45-14-2-4-35(39(45)51)43-57(54,55)33-12-8-25-16-29(41)10-6-27(25)18-33/h5-12,15-18,30-31,34-35,42-43H,1-4,13-14,19-23H2. The lowest BCUT2D eigenvalue weighted by atomic mass is 10.1. The van der Waals surface area contributed by atoms with Crippen LogP contribution in [0.25, 0.3) is 21.5 Å². The minimum Gasteiger partial charge on any atom is -0.334 e. The number of hydrogen-bond acceptors (Lipinski definition) is 8. The smallest absolute Gasteiger partial charge is 0.242 e. The molecule has 4 fully saturated rings. The molecule has 8 rings (SSSR count). The molecule has 18 heteroatoms. The lowest BCUT2D eigenvalue weighted by molar-refractivity contribution is -0.147. The number of piperidine rings is 2. The van der Waals surface area contributed by atoms with Crippen LogP contribution < -0.4 is 9.44 Å². The molecule has 4 unspecified atom stereocenters. The summed E-state index contributed by atoms with van der Waals surface area (Å²) in [5, 5.41) is 3.99. The van der Waals surface area contributed by atoms with Crippen molar-refractivity contribution < 1.29 is 36.0 Å². The van der Waals surface area contributed by atoms with Crippen LogP contribution in [0.2, 0.25) is 10.0 Å². The van der Waals surface area contributed by atoms with Crippen LogP contribution in [-0.2, 0) is 39.2 Å². The molecular weight excluding hydrogens is 816 g/mol. The normalized spacial score (nSPS) is 22.9. The number of benzene rings is 4. The predicted octanol–water partition coefficient (Wildman–Crippen LogP) is 3.35. The van der Waals surface area contributed by atoms with E-state index in [1.807, 2.05) is 0 Å². The van der Waals surface area contributed by atoms with Crippen LogP contribution in [0.4, 0.5) is 0 Å². The first-order valence-corrected chi connectivity index (χ1v) is 22.5. The van der Waals surface area contributed by atoms with E-state index in [1.54, 1.807) is 58.3 Å². The Morgan fingerprint density at radius 3 is 1.39 bits per heavy atom. The van der Waals surface area contributed by atoms with E-state index in [9.17, 15) is 36.0 Å². The zero-order valence-electron chi connectivity index (χ0n) is 30.6. The first kappa shape index (κ1) is 39.5. The van der Waals surface area contributed by atoms with Gasteiger partial charge in [0.25, 0.3) is 0 Å². The van der Waals surface area contributed by atoms with E-state index in [1.165, 1.54) is 34.1 Å². The second kappa shape index (κ2) is 15.5. The first-order chi connectivity index (χ1) is 27.1. The van der Waals surface area contributed by atoms with Crippen molar-refractivity contribution in [3.63, 3.8) is 0 Å². The fourth-order valence-corrected chi connectivity index (χ4v) is 11.3. The largest absolute Gasteiger partial charge is 0.334 e. The van der Waals surface area contributed by atoms with Gasteiger partial charge in [0.15, 0.2) is 0 Å². The van der Waals surface area contributed by atoms with Crippen LogP contribution in [0.15, 0.2) is 82.6 Å². The van der Waals surface area contributed by atoms with Gasteiger partial charge in [0, 0.05) is 36.2 Å². The molecule has 2 N–H and O–H groups in total. The lowest BCUT2D eigenvalue weighted by Crippen LogP contribution is -2.58. The minimum absolute atomic E-state index is 0.0169. The Morgan fingerprint density at radius 1 is 0.596 bits per heavy atom. The second-order valence-corrected chi connectivity index (χ2v) is 19.4. The van der Waals surface area contributed by atoms with Crippen molar-refractivity contribution >= 4 is 88.4 Å². The van der Waals surface area contributed by atoms with Crippen LogP contribution >= 0.6 is 23.2 Å². The van der Waals surface area contributed by atoms with Crippen LogP contribution in [0.3, 0.4) is 0 Å². The second-order valence-electron chi connectivity index (χ2n) is 15.1. The quantitative estimate of drug-likeness (QED) is 0.245. The summed E-state index contributed by atoms with van der Waals surface area (Å²) in [6, 6.07) is 17.0. The average Bonchev–Trinajstić information content (AvgIpc) is 3.79. The highest BCUT2D eigenvalue weighted by Crippen LogP contribution is 2.32. The van der Waals surface area contributed by atoms with E-state index in [0.717, 1.165) is 10.8 Å². The Morgan fingerprint density at radius 2 is 0.982 bits per heavy atom. The van der Waals surface area contributed by atoms with E-state index in [-0.39, 0.29) is 59.9 Å². The van der Waals surface area contributed by atoms with E-state index in [2.05, 4.69) is 9.44 Å². The summed E-state index contributed by atoms with van der Waals surface area (Å²) in [6.45, 7) is 0.745. The molecule has 0 radical (unpaired) electrons. The Labute approximate surface area is 340 Å². The van der Waals surface area contributed by atoms with Crippen molar-refractivity contribution in [1.82, 2.24) is 29.0 Å². The summed E-state index contributed by atoms with van der Waals surface area (Å²) in [5.41, 5.74) is 0. The number of nitrogens with zero attached hydrogens (tertiary/aromatic N) is 4. The summed E-state index contributed by atoms with van der Waals surface area (Å²) < 4.78 is 58.3. The maximum Gasteiger partial charge on any atom is 0.242 e. The molecule has 57 heavy (non-hydrogen) atoms. The maximum absolute atomic E-state index is 13.5. The van der Waals surface area contributed by atoms with Crippen molar-refractivity contribution in [3.05, 3.63) is 82.8 Å². The monoisotopic (exact) mass is 854 g/mol. The van der Waals surface area contributed by atoms with Crippen LogP contribution in [0, 0.1) is 0 Å². The topological polar surface area (TPSA) is 174 Å². The molecule has 2 bridgehead atoms. The molecular formula is C39H40Cl2N6O8S2. The molecule has 0 spiro atoms. The van der Waals surface area contributed by atoms with Gasteiger partial charge in [-0.2, -0.15) is 9.44 Å². The van der Waals surface area contributed by atoms with Gasteiger partial charge in [-0.3, -0.25) is 19.2 Å². The van der Waals surface area contributed by atoms with Gasteiger partial charge in [-0.1, -0.05) is 47.5 Å². The van der Waals surface area contributed by atoms with Gasteiger partial charge in [0.1, 0.15) is 12.1 Å². The zero-order valence-corrected chi connectivity index (χ0v) is 33.8. The van der Waals surface area contributed by atoms with Gasteiger partial charge < -0.3 is 19.6 Å². The molecule has 0 saturated carbocycles. The predicted molar refractivity (Wildman–Crippen MR) is 213 cm³/mol. The third kappa shape index (κ3) is 8.08. The van der Waals surface area contributed by atoms with E-state index < -0.39 is 43.9 Å². The number of sulfonamides is 2. The maximum atomic E-state index is 13.5. The number of hydrogen-bond donors (Lipinski definition) is 2. The van der Waals surface area contributed by atoms with Crippen molar-refractivity contribution in [2.75, 3.05) is 39.3 Å². The number of nitrogens with one attached hydrogen (secondary N) is 2. The molecule has 4 amide bonds. The highest BCUT2D eigenvalue weighted by Gasteiger charge is 2.48. The molecule has 4 aliphatic rings. The summed E-state index contributed by atoms with van der Waals surface area (Å²) in [6.07, 6.45) is 2.16. The summed E-state index contributed by atoms with van der Waals surface area (Å²) in [5.74, 6) is -1.50. The highest BCUT2D eigenvalue weighted by atomic mass is 35.5. The van der Waals surface area contributed by atoms with Crippen LogP contribution in [-0.4, -0.2) is 123 Å². The van der Waals surface area contributed by atoms with E-state index >= 15 is 0 Å². The first-order valence-electron chi connectivity index (χ1n) is 18.7. The number of likely N-dealkylation sites (tertiary alicyclic amines) is 4. The Balaban J connectivity index is 0.837. The lowest BCUT2D eigenvalue weighted by Gasteiger charge is -2.38. The average molecular weight is 856 g/mol. The summed E-state index contributed by atoms with van der Waals surface area (Å²) >= 11 is 12.1. The minimum atomic E-state index is -4.05. The SMILES string of the molecule is O=C1C(NS(=O)(=O)c2ccc3cc(Cl)ccc3c2)CCCN1CC(=O)N1CC2CC1CN2C(=O)CN1CCCC(NS(=O)(=O)c2ccc3cc(Cl)ccc3c2)C1=O. The summed E-state index contributed by atoms with van der Waals surface area (Å²) in [7, 11) is -8.10. The molecule has 14 nitrogen and oxygen atoms in total. The van der Waals surface area contributed by atoms with Gasteiger partial charge in [-0.15, -0.1) is 0 Å².